The highest BCUT2D eigenvalue weighted by Gasteiger charge is 2.28. The zero-order valence-corrected chi connectivity index (χ0v) is 16.1. The third kappa shape index (κ3) is 4.61. The number of ether oxygens (including phenoxy) is 3. The Hall–Kier alpha value is -2.39. The Morgan fingerprint density at radius 3 is 2.12 bits per heavy atom. The fourth-order valence-corrected chi connectivity index (χ4v) is 3.23. The van der Waals surface area contributed by atoms with Crippen LogP contribution < -0.4 is 14.2 Å². The maximum atomic E-state index is 13.4. The van der Waals surface area contributed by atoms with Gasteiger partial charge in [-0.1, -0.05) is 30.3 Å². The molecule has 0 bridgehead atoms. The summed E-state index contributed by atoms with van der Waals surface area (Å²) in [6.07, 6.45) is 1.79. The molecule has 138 valence electrons. The Balaban J connectivity index is 2.49. The van der Waals surface area contributed by atoms with Crippen LogP contribution in [0.4, 0.5) is 0 Å². The van der Waals surface area contributed by atoms with Crippen molar-refractivity contribution in [2.45, 2.75) is 18.8 Å². The van der Waals surface area contributed by atoms with Crippen LogP contribution in [-0.2, 0) is 4.57 Å². The molecule has 0 radical (unpaired) electrons. The van der Waals surface area contributed by atoms with Crippen LogP contribution in [0.15, 0.2) is 42.5 Å². The maximum absolute atomic E-state index is 13.4. The monoisotopic (exact) mass is 374 g/mol. The summed E-state index contributed by atoms with van der Waals surface area (Å²) in [4.78, 5) is 13.4. The molecule has 2 aromatic rings. The molecule has 0 fully saturated rings. The van der Waals surface area contributed by atoms with Crippen molar-refractivity contribution in [2.75, 3.05) is 27.5 Å². The van der Waals surface area contributed by atoms with Crippen molar-refractivity contribution in [2.24, 2.45) is 0 Å². The fraction of sp³-hybridized carbons (Fsp3) is 0.350. The fourth-order valence-electron chi connectivity index (χ4n) is 2.92. The Kier molecular flexibility index (Phi) is 7.61. The molecule has 0 amide bonds. The standard InChI is InChI=1S/C20H23O5P/c1-23-15-12-17(24-2)19(18(13-15)25-3)20(21)16(10-7-11-26-22)14-8-5-4-6-9-14/h4-6,8-9,12-13,16H,7,10-11H2,1-3H3. The lowest BCUT2D eigenvalue weighted by Gasteiger charge is -2.20. The summed E-state index contributed by atoms with van der Waals surface area (Å²) in [6, 6.07) is 12.9. The molecule has 26 heavy (non-hydrogen) atoms. The van der Waals surface area contributed by atoms with Gasteiger partial charge in [-0.25, -0.2) is 0 Å². The predicted octanol–water partition coefficient (Wildman–Crippen LogP) is 4.75. The topological polar surface area (TPSA) is 61.8 Å². The van der Waals surface area contributed by atoms with Gasteiger partial charge in [-0.05, 0) is 18.4 Å². The van der Waals surface area contributed by atoms with Gasteiger partial charge in [0.05, 0.1) is 21.3 Å². The van der Waals surface area contributed by atoms with Gasteiger partial charge in [-0.2, -0.15) is 0 Å². The maximum Gasteiger partial charge on any atom is 0.177 e. The second-order valence-corrected chi connectivity index (χ2v) is 6.43. The van der Waals surface area contributed by atoms with Gasteiger partial charge in [-0.3, -0.25) is 9.36 Å². The van der Waals surface area contributed by atoms with Crippen LogP contribution in [-0.4, -0.2) is 33.3 Å². The van der Waals surface area contributed by atoms with Crippen molar-refractivity contribution in [3.63, 3.8) is 0 Å². The van der Waals surface area contributed by atoms with E-state index in [-0.39, 0.29) is 20.2 Å². The smallest absolute Gasteiger partial charge is 0.177 e. The minimum Gasteiger partial charge on any atom is -0.496 e. The number of carbonyl (C=O) groups is 1. The molecule has 0 heterocycles. The van der Waals surface area contributed by atoms with E-state index >= 15 is 0 Å². The second-order valence-electron chi connectivity index (χ2n) is 5.73. The number of hydrogen-bond acceptors (Lipinski definition) is 5. The average molecular weight is 374 g/mol. The summed E-state index contributed by atoms with van der Waals surface area (Å²) in [5.74, 6) is 0.920. The van der Waals surface area contributed by atoms with Crippen LogP contribution in [0, 0.1) is 0 Å². The molecule has 0 aliphatic rings. The lowest BCUT2D eigenvalue weighted by molar-refractivity contribution is 0.0948. The number of methoxy groups -OCH3 is 3. The van der Waals surface area contributed by atoms with E-state index in [1.54, 1.807) is 19.2 Å². The van der Waals surface area contributed by atoms with E-state index in [0.717, 1.165) is 5.56 Å². The zero-order valence-electron chi connectivity index (χ0n) is 15.2. The Labute approximate surface area is 155 Å². The van der Waals surface area contributed by atoms with Crippen molar-refractivity contribution in [3.8, 4) is 17.2 Å². The summed E-state index contributed by atoms with van der Waals surface area (Å²) in [5, 5.41) is 0. The molecule has 2 rings (SSSR count). The first kappa shape index (κ1) is 19.9. The van der Waals surface area contributed by atoms with E-state index in [0.29, 0.717) is 41.8 Å². The molecule has 0 spiro atoms. The third-order valence-electron chi connectivity index (χ3n) is 4.22. The molecule has 0 saturated heterocycles. The van der Waals surface area contributed by atoms with Gasteiger partial charge in [0.25, 0.3) is 0 Å². The van der Waals surface area contributed by atoms with E-state index in [9.17, 15) is 9.36 Å². The Bertz CT molecular complexity index is 720. The third-order valence-corrected chi connectivity index (χ3v) is 4.72. The number of benzene rings is 2. The van der Waals surface area contributed by atoms with Crippen molar-refractivity contribution < 1.29 is 23.6 Å². The van der Waals surface area contributed by atoms with Gasteiger partial charge in [0.1, 0.15) is 22.8 Å². The first-order valence-corrected chi connectivity index (χ1v) is 9.34. The number of hydrogen-bond donors (Lipinski definition) is 0. The van der Waals surface area contributed by atoms with Crippen molar-refractivity contribution in [3.05, 3.63) is 53.6 Å². The molecule has 1 unspecified atom stereocenters. The Morgan fingerprint density at radius 2 is 1.62 bits per heavy atom. The highest BCUT2D eigenvalue weighted by atomic mass is 31.1. The molecule has 5 nitrogen and oxygen atoms in total. The SMILES string of the molecule is COc1cc(OC)c(C(=O)C(CCCP=O)c2ccccc2)c(OC)c1. The second kappa shape index (κ2) is 9.93. The minimum atomic E-state index is -0.367. The minimum absolute atomic E-state index is 0.0879. The van der Waals surface area contributed by atoms with E-state index in [2.05, 4.69) is 0 Å². The van der Waals surface area contributed by atoms with Crippen LogP contribution in [0.2, 0.25) is 0 Å². The molecular weight excluding hydrogens is 351 g/mol. The molecule has 6 heteroatoms. The van der Waals surface area contributed by atoms with Crippen LogP contribution in [0.25, 0.3) is 0 Å². The quantitative estimate of drug-likeness (QED) is 0.341. The molecule has 0 aromatic heterocycles. The normalized spacial score (nSPS) is 11.8. The lowest BCUT2D eigenvalue weighted by Crippen LogP contribution is -2.16. The molecular formula is C20H23O5P. The van der Waals surface area contributed by atoms with Gasteiger partial charge >= 0.3 is 0 Å². The van der Waals surface area contributed by atoms with E-state index < -0.39 is 0 Å². The molecule has 0 aliphatic carbocycles. The van der Waals surface area contributed by atoms with E-state index in [4.69, 9.17) is 14.2 Å². The summed E-state index contributed by atoms with van der Waals surface area (Å²) < 4.78 is 26.9. The molecule has 0 saturated carbocycles. The van der Waals surface area contributed by atoms with E-state index in [1.165, 1.54) is 14.2 Å². The molecule has 1 atom stereocenters. The molecule has 2 aromatic carbocycles. The van der Waals surface area contributed by atoms with Gasteiger partial charge in [0.15, 0.2) is 14.2 Å². The molecule has 0 N–H and O–H groups in total. The van der Waals surface area contributed by atoms with Crippen LogP contribution >= 0.6 is 8.46 Å². The number of rotatable bonds is 10. The van der Waals surface area contributed by atoms with Crippen molar-refractivity contribution >= 4 is 14.2 Å². The van der Waals surface area contributed by atoms with Crippen molar-refractivity contribution in [1.29, 1.82) is 0 Å². The van der Waals surface area contributed by atoms with Crippen LogP contribution in [0.3, 0.4) is 0 Å². The highest BCUT2D eigenvalue weighted by molar-refractivity contribution is 7.23. The lowest BCUT2D eigenvalue weighted by atomic mass is 9.86. The first-order valence-electron chi connectivity index (χ1n) is 8.34. The van der Waals surface area contributed by atoms with Gasteiger partial charge < -0.3 is 14.2 Å². The highest BCUT2D eigenvalue weighted by Crippen LogP contribution is 2.38. The number of carbonyl (C=O) groups excluding carboxylic acids is 1. The summed E-state index contributed by atoms with van der Waals surface area (Å²) in [7, 11) is 4.66. The van der Waals surface area contributed by atoms with E-state index in [1.807, 2.05) is 30.3 Å². The first-order chi connectivity index (χ1) is 12.7. The predicted molar refractivity (Wildman–Crippen MR) is 101 cm³/mol. The van der Waals surface area contributed by atoms with Crippen molar-refractivity contribution in [1.82, 2.24) is 0 Å². The average Bonchev–Trinajstić information content (AvgIpc) is 2.70. The van der Waals surface area contributed by atoms with Gasteiger partial charge in [0.2, 0.25) is 0 Å². The summed E-state index contributed by atoms with van der Waals surface area (Å²) in [5.41, 5.74) is 1.31. The molecule has 0 aliphatic heterocycles. The zero-order chi connectivity index (χ0) is 18.9. The summed E-state index contributed by atoms with van der Waals surface area (Å²) in [6.45, 7) is 0. The largest absolute Gasteiger partial charge is 0.496 e. The van der Waals surface area contributed by atoms with Crippen LogP contribution in [0.5, 0.6) is 17.2 Å². The number of Topliss-reactive ketones (excluding diaryl/α,β-unsaturated/α-hetero) is 1. The van der Waals surface area contributed by atoms with Crippen LogP contribution in [0.1, 0.15) is 34.7 Å². The number of ketones is 1. The summed E-state index contributed by atoms with van der Waals surface area (Å²) >= 11 is 0. The Morgan fingerprint density at radius 1 is 1.00 bits per heavy atom. The van der Waals surface area contributed by atoms with Gasteiger partial charge in [0, 0.05) is 24.2 Å². The van der Waals surface area contributed by atoms with Gasteiger partial charge in [-0.15, -0.1) is 0 Å².